The third-order valence-corrected chi connectivity index (χ3v) is 5.09. The van der Waals surface area contributed by atoms with Crippen molar-refractivity contribution in [2.45, 2.75) is 19.6 Å². The SMILES string of the molecule is CN(C)c1ccc(-c2ccc(CN3Cc4cccnc4C3)c(Cl)c2)cn1. The number of hydrogen-bond acceptors (Lipinski definition) is 4. The summed E-state index contributed by atoms with van der Waals surface area (Å²) in [4.78, 5) is 13.3. The molecule has 26 heavy (non-hydrogen) atoms. The summed E-state index contributed by atoms with van der Waals surface area (Å²) >= 11 is 6.58. The lowest BCUT2D eigenvalue weighted by atomic mass is 10.1. The molecular formula is C21H21ClN4. The second-order valence-corrected chi connectivity index (χ2v) is 7.27. The minimum Gasteiger partial charge on any atom is -0.363 e. The lowest BCUT2D eigenvalue weighted by Gasteiger charge is -2.16. The molecule has 0 fully saturated rings. The van der Waals surface area contributed by atoms with Gasteiger partial charge in [0.1, 0.15) is 5.82 Å². The number of hydrogen-bond donors (Lipinski definition) is 0. The van der Waals surface area contributed by atoms with Gasteiger partial charge in [0.15, 0.2) is 0 Å². The molecule has 0 saturated carbocycles. The molecule has 1 aliphatic rings. The Hall–Kier alpha value is -2.43. The van der Waals surface area contributed by atoms with Crippen LogP contribution >= 0.6 is 11.6 Å². The Kier molecular flexibility index (Phi) is 4.62. The van der Waals surface area contributed by atoms with Crippen molar-refractivity contribution in [3.05, 3.63) is 76.7 Å². The van der Waals surface area contributed by atoms with Crippen molar-refractivity contribution in [2.24, 2.45) is 0 Å². The Morgan fingerprint density at radius 1 is 1.04 bits per heavy atom. The van der Waals surface area contributed by atoms with E-state index >= 15 is 0 Å². The molecular weight excluding hydrogens is 344 g/mol. The Bertz CT molecular complexity index is 897. The first-order chi connectivity index (χ1) is 12.6. The van der Waals surface area contributed by atoms with Crippen LogP contribution in [-0.4, -0.2) is 29.0 Å². The normalized spacial score (nSPS) is 13.7. The fourth-order valence-electron chi connectivity index (χ4n) is 3.30. The van der Waals surface area contributed by atoms with Crippen LogP contribution in [0.15, 0.2) is 54.9 Å². The Morgan fingerprint density at radius 3 is 2.58 bits per heavy atom. The van der Waals surface area contributed by atoms with Gasteiger partial charge in [-0.3, -0.25) is 9.88 Å². The minimum absolute atomic E-state index is 0.795. The van der Waals surface area contributed by atoms with Gasteiger partial charge in [-0.1, -0.05) is 29.8 Å². The quantitative estimate of drug-likeness (QED) is 0.687. The number of nitrogens with zero attached hydrogens (tertiary/aromatic N) is 4. The first-order valence-corrected chi connectivity index (χ1v) is 9.05. The van der Waals surface area contributed by atoms with Crippen LogP contribution in [0.3, 0.4) is 0 Å². The number of anilines is 1. The van der Waals surface area contributed by atoms with E-state index in [0.29, 0.717) is 0 Å². The summed E-state index contributed by atoms with van der Waals surface area (Å²) in [6.45, 7) is 2.63. The molecule has 4 nitrogen and oxygen atoms in total. The van der Waals surface area contributed by atoms with E-state index in [1.165, 1.54) is 11.3 Å². The summed E-state index contributed by atoms with van der Waals surface area (Å²) in [6.07, 6.45) is 3.75. The maximum absolute atomic E-state index is 6.58. The molecule has 5 heteroatoms. The summed E-state index contributed by atoms with van der Waals surface area (Å²) in [5.41, 5.74) is 5.78. The summed E-state index contributed by atoms with van der Waals surface area (Å²) in [5, 5.41) is 0.795. The van der Waals surface area contributed by atoms with Crippen molar-refractivity contribution in [1.82, 2.24) is 14.9 Å². The highest BCUT2D eigenvalue weighted by Crippen LogP contribution is 2.29. The standard InChI is InChI=1S/C21H21ClN4/c1-25(2)21-8-7-16(11-24-21)15-5-6-17(19(22)10-15)12-26-13-18-4-3-9-23-20(18)14-26/h3-11H,12-14H2,1-2H3. The molecule has 0 aliphatic carbocycles. The molecule has 2 aromatic heterocycles. The van der Waals surface area contributed by atoms with Crippen molar-refractivity contribution in [1.29, 1.82) is 0 Å². The number of aromatic nitrogens is 2. The lowest BCUT2D eigenvalue weighted by molar-refractivity contribution is 0.274. The van der Waals surface area contributed by atoms with Gasteiger partial charge in [-0.25, -0.2) is 4.98 Å². The summed E-state index contributed by atoms with van der Waals surface area (Å²) < 4.78 is 0. The number of pyridine rings is 2. The zero-order valence-corrected chi connectivity index (χ0v) is 15.7. The second kappa shape index (κ2) is 7.06. The molecule has 0 radical (unpaired) electrons. The topological polar surface area (TPSA) is 32.3 Å². The molecule has 4 rings (SSSR count). The van der Waals surface area contributed by atoms with Crippen LogP contribution in [0.25, 0.3) is 11.1 Å². The fourth-order valence-corrected chi connectivity index (χ4v) is 3.54. The third-order valence-electron chi connectivity index (χ3n) is 4.74. The van der Waals surface area contributed by atoms with E-state index in [1.54, 1.807) is 0 Å². The van der Waals surface area contributed by atoms with Gasteiger partial charge < -0.3 is 4.90 Å². The van der Waals surface area contributed by atoms with Crippen LogP contribution in [0.5, 0.6) is 0 Å². The van der Waals surface area contributed by atoms with E-state index in [2.05, 4.69) is 39.1 Å². The maximum atomic E-state index is 6.58. The molecule has 0 bridgehead atoms. The molecule has 0 N–H and O–H groups in total. The summed E-state index contributed by atoms with van der Waals surface area (Å²) in [6, 6.07) is 14.5. The van der Waals surface area contributed by atoms with E-state index in [9.17, 15) is 0 Å². The molecule has 0 saturated heterocycles. The van der Waals surface area contributed by atoms with Gasteiger partial charge in [-0.05, 0) is 41.0 Å². The first kappa shape index (κ1) is 17.0. The Balaban J connectivity index is 1.50. The second-order valence-electron chi connectivity index (χ2n) is 6.86. The van der Waals surface area contributed by atoms with Gasteiger partial charge in [-0.2, -0.15) is 0 Å². The van der Waals surface area contributed by atoms with Crippen molar-refractivity contribution >= 4 is 17.4 Å². The monoisotopic (exact) mass is 364 g/mol. The average molecular weight is 365 g/mol. The third kappa shape index (κ3) is 3.43. The van der Waals surface area contributed by atoms with E-state index in [1.807, 2.05) is 49.6 Å². The zero-order chi connectivity index (χ0) is 18.1. The average Bonchev–Trinajstić information content (AvgIpc) is 3.06. The molecule has 1 aromatic carbocycles. The molecule has 3 aromatic rings. The van der Waals surface area contributed by atoms with Gasteiger partial charge in [0, 0.05) is 56.7 Å². The van der Waals surface area contributed by atoms with Gasteiger partial charge >= 0.3 is 0 Å². The van der Waals surface area contributed by atoms with Crippen molar-refractivity contribution in [2.75, 3.05) is 19.0 Å². The molecule has 1 aliphatic heterocycles. The lowest BCUT2D eigenvalue weighted by Crippen LogP contribution is -2.16. The smallest absolute Gasteiger partial charge is 0.127 e. The predicted molar refractivity (Wildman–Crippen MR) is 106 cm³/mol. The van der Waals surface area contributed by atoms with E-state index in [0.717, 1.165) is 47.2 Å². The molecule has 132 valence electrons. The predicted octanol–water partition coefficient (Wildman–Crippen LogP) is 4.38. The van der Waals surface area contributed by atoms with Crippen molar-refractivity contribution < 1.29 is 0 Å². The van der Waals surface area contributed by atoms with Crippen molar-refractivity contribution in [3.8, 4) is 11.1 Å². The van der Waals surface area contributed by atoms with Crippen molar-refractivity contribution in [3.63, 3.8) is 0 Å². The number of rotatable bonds is 4. The highest BCUT2D eigenvalue weighted by Gasteiger charge is 2.20. The highest BCUT2D eigenvalue weighted by atomic mass is 35.5. The van der Waals surface area contributed by atoms with Crippen LogP contribution in [-0.2, 0) is 19.6 Å². The van der Waals surface area contributed by atoms with Crippen LogP contribution < -0.4 is 4.90 Å². The molecule has 0 amide bonds. The molecule has 3 heterocycles. The molecule has 0 spiro atoms. The van der Waals surface area contributed by atoms with E-state index in [-0.39, 0.29) is 0 Å². The van der Waals surface area contributed by atoms with Crippen LogP contribution in [0, 0.1) is 0 Å². The van der Waals surface area contributed by atoms with E-state index in [4.69, 9.17) is 11.6 Å². The van der Waals surface area contributed by atoms with Crippen LogP contribution in [0.4, 0.5) is 5.82 Å². The van der Waals surface area contributed by atoms with Gasteiger partial charge in [0.05, 0.1) is 5.69 Å². The Morgan fingerprint density at radius 2 is 1.88 bits per heavy atom. The van der Waals surface area contributed by atoms with Crippen LogP contribution in [0.1, 0.15) is 16.8 Å². The van der Waals surface area contributed by atoms with E-state index < -0.39 is 0 Å². The van der Waals surface area contributed by atoms with Gasteiger partial charge in [0.25, 0.3) is 0 Å². The summed E-state index contributed by atoms with van der Waals surface area (Å²) in [5.74, 6) is 0.943. The largest absolute Gasteiger partial charge is 0.363 e. The fraction of sp³-hybridized carbons (Fsp3) is 0.238. The minimum atomic E-state index is 0.795. The highest BCUT2D eigenvalue weighted by molar-refractivity contribution is 6.31. The maximum Gasteiger partial charge on any atom is 0.127 e. The molecule has 0 unspecified atom stereocenters. The van der Waals surface area contributed by atoms with Gasteiger partial charge in [-0.15, -0.1) is 0 Å². The Labute approximate surface area is 159 Å². The summed E-state index contributed by atoms with van der Waals surface area (Å²) in [7, 11) is 3.97. The zero-order valence-electron chi connectivity index (χ0n) is 15.0. The number of benzene rings is 1. The van der Waals surface area contributed by atoms with Gasteiger partial charge in [0.2, 0.25) is 0 Å². The molecule has 0 atom stereocenters. The number of fused-ring (bicyclic) bond motifs is 1. The first-order valence-electron chi connectivity index (χ1n) is 8.67. The number of halogens is 1. The van der Waals surface area contributed by atoms with Crippen LogP contribution in [0.2, 0.25) is 5.02 Å².